The van der Waals surface area contributed by atoms with Gasteiger partial charge in [0.2, 0.25) is 0 Å². The zero-order valence-electron chi connectivity index (χ0n) is 8.29. The molecule has 0 aliphatic carbocycles. The van der Waals surface area contributed by atoms with Crippen molar-refractivity contribution in [2.45, 2.75) is 27.3 Å². The summed E-state index contributed by atoms with van der Waals surface area (Å²) in [6, 6.07) is 0. The summed E-state index contributed by atoms with van der Waals surface area (Å²) in [7, 11) is 1.92. The van der Waals surface area contributed by atoms with E-state index in [1.807, 2.05) is 19.9 Å². The van der Waals surface area contributed by atoms with Crippen LogP contribution in [0.25, 0.3) is 0 Å². The molecule has 0 spiro atoms. The average molecular weight is 205 g/mol. The molecule has 4 nitrogen and oxygen atoms in total. The Balaban J connectivity index is 0. The lowest BCUT2D eigenvalue weighted by Gasteiger charge is -2.24. The summed E-state index contributed by atoms with van der Waals surface area (Å²) in [5.74, 6) is 0. The molecule has 0 heterocycles. The molecule has 0 bridgehead atoms. The van der Waals surface area contributed by atoms with Crippen molar-refractivity contribution in [3.8, 4) is 0 Å². The lowest BCUT2D eigenvalue weighted by atomic mass is 10.1. The summed E-state index contributed by atoms with van der Waals surface area (Å²) in [4.78, 5) is 0. The largest absolute Gasteiger partial charge is 0.629 e. The van der Waals surface area contributed by atoms with Gasteiger partial charge in [0.05, 0.1) is 0 Å². The highest BCUT2D eigenvalue weighted by atomic mass is 28.4. The molecule has 0 rings (SSSR count). The van der Waals surface area contributed by atoms with Gasteiger partial charge in [-0.15, -0.1) is 0 Å². The van der Waals surface area contributed by atoms with Gasteiger partial charge in [-0.2, -0.15) is 0 Å². The van der Waals surface area contributed by atoms with E-state index in [0.717, 1.165) is 0 Å². The molecule has 7 heteroatoms. The van der Waals surface area contributed by atoms with Crippen molar-refractivity contribution in [1.29, 1.82) is 0 Å². The molecule has 0 saturated carbocycles. The van der Waals surface area contributed by atoms with Crippen LogP contribution in [-0.4, -0.2) is 37.6 Å². The molecule has 77 valence electrons. The Kier molecular flexibility index (Phi) is 9.12. The maximum absolute atomic E-state index is 5.42. The highest BCUT2D eigenvalue weighted by Gasteiger charge is 2.32. The summed E-state index contributed by atoms with van der Waals surface area (Å²) >= 11 is 0. The quantitative estimate of drug-likeness (QED) is 0.612. The SMILES string of the molecule is C.C[B]O[Si](C)(C)OB(OC)OC. The van der Waals surface area contributed by atoms with E-state index in [9.17, 15) is 0 Å². The first-order valence-electron chi connectivity index (χ1n) is 3.74. The zero-order chi connectivity index (χ0) is 9.61. The predicted molar refractivity (Wildman–Crippen MR) is 57.8 cm³/mol. The summed E-state index contributed by atoms with van der Waals surface area (Å²) < 4.78 is 20.5. The normalized spacial score (nSPS) is 10.5. The smallest absolute Gasteiger partial charge is 0.461 e. The molecule has 1 radical (unpaired) electrons. The van der Waals surface area contributed by atoms with Gasteiger partial charge in [0, 0.05) is 14.2 Å². The first kappa shape index (κ1) is 15.6. The summed E-state index contributed by atoms with van der Waals surface area (Å²) in [5, 5.41) is 0. The van der Waals surface area contributed by atoms with Crippen LogP contribution in [-0.2, 0) is 18.0 Å². The molecule has 0 aromatic rings. The minimum absolute atomic E-state index is 0. The van der Waals surface area contributed by atoms with Gasteiger partial charge in [-0.25, -0.2) is 0 Å². The van der Waals surface area contributed by atoms with E-state index in [0.29, 0.717) is 0 Å². The molecule has 0 saturated heterocycles. The first-order chi connectivity index (χ1) is 5.55. The van der Waals surface area contributed by atoms with Crippen molar-refractivity contribution >= 4 is 23.4 Å². The molecule has 0 fully saturated rings. The van der Waals surface area contributed by atoms with E-state index in [1.165, 1.54) is 14.2 Å². The van der Waals surface area contributed by atoms with Gasteiger partial charge >= 0.3 is 15.9 Å². The van der Waals surface area contributed by atoms with Crippen LogP contribution >= 0.6 is 0 Å². The molecule has 0 unspecified atom stereocenters. The minimum atomic E-state index is -2.11. The van der Waals surface area contributed by atoms with E-state index in [-0.39, 0.29) is 7.43 Å². The van der Waals surface area contributed by atoms with E-state index in [2.05, 4.69) is 0 Å². The van der Waals surface area contributed by atoms with Crippen LogP contribution in [0.1, 0.15) is 7.43 Å². The summed E-state index contributed by atoms with van der Waals surface area (Å²) in [6.07, 6.45) is 0. The van der Waals surface area contributed by atoms with Crippen LogP contribution in [0.15, 0.2) is 0 Å². The lowest BCUT2D eigenvalue weighted by Crippen LogP contribution is -2.43. The molecular weight excluding hydrogens is 186 g/mol. The average Bonchev–Trinajstić information content (AvgIpc) is 2.00. The van der Waals surface area contributed by atoms with E-state index >= 15 is 0 Å². The molecular formula is C6H19B2O4Si. The number of hydrogen-bond acceptors (Lipinski definition) is 4. The van der Waals surface area contributed by atoms with Crippen LogP contribution in [0.4, 0.5) is 0 Å². The molecule has 0 aliphatic rings. The van der Waals surface area contributed by atoms with E-state index < -0.39 is 15.9 Å². The van der Waals surface area contributed by atoms with E-state index in [1.54, 1.807) is 7.48 Å². The zero-order valence-corrected chi connectivity index (χ0v) is 9.29. The third-order valence-corrected chi connectivity index (χ3v) is 2.73. The highest BCUT2D eigenvalue weighted by molar-refractivity contribution is 6.74. The fourth-order valence-electron chi connectivity index (χ4n) is 0.736. The van der Waals surface area contributed by atoms with Crippen molar-refractivity contribution < 1.29 is 18.0 Å². The molecule has 0 amide bonds. The van der Waals surface area contributed by atoms with Gasteiger partial charge in [0.15, 0.2) is 0 Å². The van der Waals surface area contributed by atoms with Crippen LogP contribution in [0.5, 0.6) is 0 Å². The Bertz CT molecular complexity index is 121. The van der Waals surface area contributed by atoms with Crippen molar-refractivity contribution in [3.63, 3.8) is 0 Å². The van der Waals surface area contributed by atoms with Crippen LogP contribution in [0.3, 0.4) is 0 Å². The Labute approximate surface area is 83.6 Å². The molecule has 0 aromatic heterocycles. The van der Waals surface area contributed by atoms with Crippen molar-refractivity contribution in [1.82, 2.24) is 0 Å². The number of rotatable bonds is 6. The monoisotopic (exact) mass is 205 g/mol. The van der Waals surface area contributed by atoms with Crippen molar-refractivity contribution in [2.75, 3.05) is 14.2 Å². The topological polar surface area (TPSA) is 36.9 Å². The second-order valence-electron chi connectivity index (χ2n) is 2.63. The van der Waals surface area contributed by atoms with Crippen molar-refractivity contribution in [3.05, 3.63) is 0 Å². The maximum atomic E-state index is 5.42. The predicted octanol–water partition coefficient (Wildman–Crippen LogP) is 1.30. The molecule has 0 aromatic carbocycles. The fourth-order valence-corrected chi connectivity index (χ4v) is 2.01. The van der Waals surface area contributed by atoms with Gasteiger partial charge < -0.3 is 18.0 Å². The van der Waals surface area contributed by atoms with Crippen LogP contribution in [0.2, 0.25) is 19.9 Å². The maximum Gasteiger partial charge on any atom is 0.629 e. The first-order valence-corrected chi connectivity index (χ1v) is 6.56. The van der Waals surface area contributed by atoms with E-state index in [4.69, 9.17) is 18.0 Å². The lowest BCUT2D eigenvalue weighted by molar-refractivity contribution is 0.186. The standard InChI is InChI=1S/C5H15B2O4Si.CH4/c1-6-10-12(4,5)11-7(8-2)9-3;/h1-5H3;1H4. The second-order valence-corrected chi connectivity index (χ2v) is 5.90. The van der Waals surface area contributed by atoms with Gasteiger partial charge in [-0.05, 0) is 13.1 Å². The minimum Gasteiger partial charge on any atom is -0.461 e. The van der Waals surface area contributed by atoms with Gasteiger partial charge in [0.1, 0.15) is 0 Å². The van der Waals surface area contributed by atoms with Crippen LogP contribution in [0, 0.1) is 0 Å². The Morgan fingerprint density at radius 3 is 1.92 bits per heavy atom. The second kappa shape index (κ2) is 7.58. The fraction of sp³-hybridized carbons (Fsp3) is 1.00. The Morgan fingerprint density at radius 1 is 1.15 bits per heavy atom. The van der Waals surface area contributed by atoms with Gasteiger partial charge in [-0.1, -0.05) is 14.2 Å². The van der Waals surface area contributed by atoms with Gasteiger partial charge in [0.25, 0.3) is 7.48 Å². The highest BCUT2D eigenvalue weighted by Crippen LogP contribution is 2.07. The third kappa shape index (κ3) is 7.27. The van der Waals surface area contributed by atoms with Crippen molar-refractivity contribution in [2.24, 2.45) is 0 Å². The Hall–Kier alpha value is 0.187. The summed E-state index contributed by atoms with van der Waals surface area (Å²) in [5.41, 5.74) is 0. The molecule has 0 N–H and O–H groups in total. The Morgan fingerprint density at radius 2 is 1.62 bits per heavy atom. The summed E-state index contributed by atoms with van der Waals surface area (Å²) in [6.45, 7) is 5.64. The number of hydrogen-bond donors (Lipinski definition) is 0. The molecule has 13 heavy (non-hydrogen) atoms. The third-order valence-electron chi connectivity index (χ3n) is 1.17. The molecule has 0 aliphatic heterocycles. The van der Waals surface area contributed by atoms with Gasteiger partial charge in [-0.3, -0.25) is 0 Å². The van der Waals surface area contributed by atoms with Crippen LogP contribution < -0.4 is 0 Å². The molecule has 0 atom stereocenters.